The van der Waals surface area contributed by atoms with Gasteiger partial charge >= 0.3 is 6.01 Å². The molecule has 8 nitrogen and oxygen atoms in total. The van der Waals surface area contributed by atoms with Crippen LogP contribution >= 0.6 is 15.9 Å². The van der Waals surface area contributed by atoms with E-state index in [0.29, 0.717) is 56.2 Å². The Labute approximate surface area is 272 Å². The zero-order valence-electron chi connectivity index (χ0n) is 25.7. The number of halogens is 2. The first kappa shape index (κ1) is 28.5. The first-order valence-corrected chi connectivity index (χ1v) is 17.8. The largest absolute Gasteiger partial charge is 0.508 e. The molecule has 1 aromatic heterocycles. The summed E-state index contributed by atoms with van der Waals surface area (Å²) in [4.78, 5) is 17.5. The number of nitrogens with zero attached hydrogens (tertiary/aromatic N) is 5. The third kappa shape index (κ3) is 4.89. The van der Waals surface area contributed by atoms with Gasteiger partial charge in [-0.1, -0.05) is 40.9 Å². The second-order valence-corrected chi connectivity index (χ2v) is 15.4. The Balaban J connectivity index is 1.06. The van der Waals surface area contributed by atoms with Gasteiger partial charge in [0.1, 0.15) is 24.3 Å². The lowest BCUT2D eigenvalue weighted by molar-refractivity contribution is 0.0772. The van der Waals surface area contributed by atoms with Crippen LogP contribution in [0.15, 0.2) is 34.8 Å². The number of phenolic OH excluding ortho intramolecular Hbond substituents is 1. The number of nitrogens with one attached hydrogen (secondary N) is 1. The molecule has 6 unspecified atom stereocenters. The second kappa shape index (κ2) is 10.9. The number of fused-ring (bicyclic) bond motifs is 7. The lowest BCUT2D eigenvalue weighted by Gasteiger charge is -2.38. The van der Waals surface area contributed by atoms with Gasteiger partial charge in [0.05, 0.1) is 17.8 Å². The number of benzene rings is 2. The first-order chi connectivity index (χ1) is 21.9. The van der Waals surface area contributed by atoms with E-state index in [1.165, 1.54) is 44.1 Å². The Hall–Kier alpha value is -2.69. The predicted octanol–water partition coefficient (Wildman–Crippen LogP) is 5.73. The van der Waals surface area contributed by atoms with E-state index in [1.54, 1.807) is 0 Å². The maximum absolute atomic E-state index is 15.0. The van der Waals surface area contributed by atoms with E-state index in [9.17, 15) is 9.50 Å². The molecule has 0 radical (unpaired) electrons. The van der Waals surface area contributed by atoms with Gasteiger partial charge in [0.2, 0.25) is 0 Å². The van der Waals surface area contributed by atoms with Crippen LogP contribution in [-0.4, -0.2) is 82.6 Å². The number of rotatable bonds is 5. The average Bonchev–Trinajstić information content (AvgIpc) is 3.65. The number of alkyl halides is 1. The minimum absolute atomic E-state index is 0.258. The minimum Gasteiger partial charge on any atom is -0.508 e. The van der Waals surface area contributed by atoms with Crippen LogP contribution in [0.4, 0.5) is 15.9 Å². The maximum atomic E-state index is 15.0. The molecule has 2 N–H and O–H groups in total. The van der Waals surface area contributed by atoms with Crippen molar-refractivity contribution in [1.82, 2.24) is 20.2 Å². The van der Waals surface area contributed by atoms with Gasteiger partial charge in [-0.25, -0.2) is 4.39 Å². The van der Waals surface area contributed by atoms with Crippen molar-refractivity contribution in [3.05, 3.63) is 46.1 Å². The number of anilines is 2. The van der Waals surface area contributed by atoms with Gasteiger partial charge in [0, 0.05) is 77.9 Å². The molecule has 2 bridgehead atoms. The molecule has 6 heterocycles. The van der Waals surface area contributed by atoms with Crippen molar-refractivity contribution in [1.29, 1.82) is 0 Å². The summed E-state index contributed by atoms with van der Waals surface area (Å²) in [5, 5.41) is 16.5. The fraction of sp³-hybridized carbons (Fsp3) is 0.600. The quantitative estimate of drug-likeness (QED) is 0.355. The summed E-state index contributed by atoms with van der Waals surface area (Å²) in [7, 11) is 0. The van der Waals surface area contributed by atoms with Crippen molar-refractivity contribution in [3.63, 3.8) is 0 Å². The van der Waals surface area contributed by atoms with E-state index >= 15 is 0 Å². The summed E-state index contributed by atoms with van der Waals surface area (Å²) < 4.78 is 22.6. The molecular weight excluding hydrogens is 635 g/mol. The first-order valence-electron chi connectivity index (χ1n) is 17.0. The summed E-state index contributed by atoms with van der Waals surface area (Å²) in [5.74, 6) is 1.92. The Morgan fingerprint density at radius 1 is 1.02 bits per heavy atom. The normalized spacial score (nSPS) is 32.5. The molecule has 4 saturated heterocycles. The maximum Gasteiger partial charge on any atom is 0.318 e. The van der Waals surface area contributed by atoms with Crippen LogP contribution in [0.1, 0.15) is 62.6 Å². The summed E-state index contributed by atoms with van der Waals surface area (Å²) in [5.41, 5.74) is 2.93. The number of phenols is 1. The van der Waals surface area contributed by atoms with E-state index in [0.717, 1.165) is 64.9 Å². The zero-order valence-corrected chi connectivity index (χ0v) is 27.3. The molecule has 1 saturated carbocycles. The number of piperazine rings is 1. The molecule has 6 aliphatic rings. The van der Waals surface area contributed by atoms with Crippen LogP contribution in [0, 0.1) is 5.92 Å². The van der Waals surface area contributed by atoms with E-state index < -0.39 is 6.17 Å². The molecule has 2 aromatic carbocycles. The Kier molecular flexibility index (Phi) is 6.94. The SMILES string of the molecule is Oc1cc(N2CCc3c(nc(OCC45CC(F)CN4C4CCCCC4C5)nc3N3CC4CCC(C3)N4)C2)c2c(Br)cccc2c1. The average molecular weight is 678 g/mol. The van der Waals surface area contributed by atoms with Crippen LogP contribution in [-0.2, 0) is 13.0 Å². The topological polar surface area (TPSA) is 77.0 Å². The molecule has 3 aromatic rings. The van der Waals surface area contributed by atoms with Gasteiger partial charge in [-0.3, -0.25) is 4.90 Å². The minimum atomic E-state index is -0.794. The van der Waals surface area contributed by atoms with Crippen LogP contribution < -0.4 is 19.9 Å². The van der Waals surface area contributed by atoms with E-state index in [4.69, 9.17) is 14.7 Å². The van der Waals surface area contributed by atoms with Gasteiger partial charge in [-0.05, 0) is 62.0 Å². The van der Waals surface area contributed by atoms with Crippen LogP contribution in [0.5, 0.6) is 11.8 Å². The van der Waals surface area contributed by atoms with Crippen molar-refractivity contribution in [3.8, 4) is 11.8 Å². The summed E-state index contributed by atoms with van der Waals surface area (Å²) in [6, 6.07) is 11.7. The van der Waals surface area contributed by atoms with Crippen molar-refractivity contribution >= 4 is 38.2 Å². The monoisotopic (exact) mass is 676 g/mol. The van der Waals surface area contributed by atoms with Crippen molar-refractivity contribution in [2.45, 2.75) is 94.2 Å². The highest BCUT2D eigenvalue weighted by molar-refractivity contribution is 9.10. The smallest absolute Gasteiger partial charge is 0.318 e. The molecule has 5 fully saturated rings. The number of aromatic nitrogens is 2. The standard InChI is InChI=1S/C35H42BrFN6O2/c36-28-6-3-5-21-12-26(44)13-31(32(21)28)41-11-10-27-29(19-41)39-34(40-33(27)42-17-24-8-9-25(18-42)38-24)45-20-35-14-22-4-1-2-7-30(22)43(35)16-23(37)15-35/h3,5-6,12-13,22-25,30,38,44H,1-2,4,7-11,14-20H2. The molecular formula is C35H42BrFN6O2. The third-order valence-corrected chi connectivity index (χ3v) is 12.4. The lowest BCUT2D eigenvalue weighted by atomic mass is 9.81. The molecule has 1 aliphatic carbocycles. The van der Waals surface area contributed by atoms with E-state index in [-0.39, 0.29) is 11.3 Å². The van der Waals surface area contributed by atoms with Gasteiger partial charge in [0.15, 0.2) is 0 Å². The fourth-order valence-corrected chi connectivity index (χ4v) is 10.5. The van der Waals surface area contributed by atoms with Crippen molar-refractivity contribution < 1.29 is 14.2 Å². The Bertz CT molecular complexity index is 1630. The van der Waals surface area contributed by atoms with Gasteiger partial charge < -0.3 is 25.0 Å². The summed E-state index contributed by atoms with van der Waals surface area (Å²) >= 11 is 3.77. The Morgan fingerprint density at radius 2 is 1.87 bits per heavy atom. The van der Waals surface area contributed by atoms with Crippen molar-refractivity contribution in [2.75, 3.05) is 42.6 Å². The molecule has 238 valence electrons. The highest BCUT2D eigenvalue weighted by Crippen LogP contribution is 2.51. The zero-order chi connectivity index (χ0) is 30.3. The van der Waals surface area contributed by atoms with E-state index in [1.807, 2.05) is 24.3 Å². The lowest BCUT2D eigenvalue weighted by Crippen LogP contribution is -2.52. The van der Waals surface area contributed by atoms with Crippen molar-refractivity contribution in [2.24, 2.45) is 5.92 Å². The molecule has 0 spiro atoms. The van der Waals surface area contributed by atoms with Crippen LogP contribution in [0.3, 0.4) is 0 Å². The number of aromatic hydroxyl groups is 1. The molecule has 10 heteroatoms. The van der Waals surface area contributed by atoms with Gasteiger partial charge in [0.25, 0.3) is 0 Å². The van der Waals surface area contributed by atoms with E-state index in [2.05, 4.69) is 42.0 Å². The molecule has 45 heavy (non-hydrogen) atoms. The summed E-state index contributed by atoms with van der Waals surface area (Å²) in [6.07, 6.45) is 8.96. The Morgan fingerprint density at radius 3 is 2.73 bits per heavy atom. The van der Waals surface area contributed by atoms with Gasteiger partial charge in [-0.2, -0.15) is 9.97 Å². The highest BCUT2D eigenvalue weighted by Gasteiger charge is 2.57. The fourth-order valence-electron chi connectivity index (χ4n) is 9.90. The highest BCUT2D eigenvalue weighted by atomic mass is 79.9. The van der Waals surface area contributed by atoms with Crippen LogP contribution in [0.25, 0.3) is 10.8 Å². The molecule has 6 atom stereocenters. The predicted molar refractivity (Wildman–Crippen MR) is 177 cm³/mol. The number of hydrogen-bond donors (Lipinski definition) is 2. The second-order valence-electron chi connectivity index (χ2n) is 14.6. The summed E-state index contributed by atoms with van der Waals surface area (Å²) in [6.45, 7) is 4.27. The number of ether oxygens (including phenoxy) is 1. The third-order valence-electron chi connectivity index (χ3n) is 11.8. The molecule has 9 rings (SSSR count). The van der Waals surface area contributed by atoms with Gasteiger partial charge in [-0.15, -0.1) is 0 Å². The van der Waals surface area contributed by atoms with Crippen LogP contribution in [0.2, 0.25) is 0 Å². The molecule has 0 amide bonds. The molecule has 5 aliphatic heterocycles. The number of hydrogen-bond acceptors (Lipinski definition) is 8.